The first-order valence-electron chi connectivity index (χ1n) is 0.816. The molecule has 0 aliphatic carbocycles. The van der Waals surface area contributed by atoms with Gasteiger partial charge in [-0.15, -0.1) is 0 Å². The van der Waals surface area contributed by atoms with E-state index in [4.69, 9.17) is 19.2 Å². The monoisotopic (exact) mass is 273 g/mol. The quantitative estimate of drug-likeness (QED) is 0.409. The number of rotatable bonds is 0. The smallest absolute Gasteiger partial charge is 0.894 e. The van der Waals surface area contributed by atoms with Crippen molar-refractivity contribution in [1.29, 1.82) is 0 Å². The Labute approximate surface area is 96.0 Å². The van der Waals surface area contributed by atoms with E-state index in [-0.39, 0.29) is 69.5 Å². The molecule has 0 saturated heterocycles. The van der Waals surface area contributed by atoms with Crippen LogP contribution in [0, 0.1) is 39.9 Å². The first-order valence-corrected chi connectivity index (χ1v) is 2.45. The first-order chi connectivity index (χ1) is 2.00. The van der Waals surface area contributed by atoms with E-state index in [1.165, 1.54) is 0 Å². The molecule has 0 aromatic heterocycles. The Hall–Kier alpha value is 2.38. The van der Waals surface area contributed by atoms with Gasteiger partial charge in [-0.25, -0.2) is 0 Å². The van der Waals surface area contributed by atoms with Crippen LogP contribution in [0.2, 0.25) is 0 Å². The van der Waals surface area contributed by atoms with Crippen molar-refractivity contribution in [2.75, 3.05) is 0 Å². The average Bonchev–Trinajstić information content (AvgIpc) is 0.722. The molecular formula is GdNaO4Si. The molecule has 0 heterocycles. The number of hydrogen-bond acceptors (Lipinski definition) is 4. The minimum absolute atomic E-state index is 0. The summed E-state index contributed by atoms with van der Waals surface area (Å²) < 4.78 is 0. The van der Waals surface area contributed by atoms with Crippen LogP contribution in [0.3, 0.4) is 0 Å². The van der Waals surface area contributed by atoms with E-state index in [1.54, 1.807) is 0 Å². The molecule has 0 amide bonds. The molecule has 0 N–H and O–H groups in total. The van der Waals surface area contributed by atoms with Gasteiger partial charge in [0.15, 0.2) is 0 Å². The maximum Gasteiger partial charge on any atom is 3.00 e. The molecule has 0 aromatic carbocycles. The van der Waals surface area contributed by atoms with Crippen LogP contribution in [0.5, 0.6) is 0 Å². The van der Waals surface area contributed by atoms with E-state index < -0.39 is 9.05 Å². The second kappa shape index (κ2) is 6.50. The van der Waals surface area contributed by atoms with Crippen molar-refractivity contribution in [3.05, 3.63) is 0 Å². The Morgan fingerprint density at radius 2 is 0.857 bits per heavy atom. The molecule has 37 valence electrons. The third-order valence-electron chi connectivity index (χ3n) is 0. The summed E-state index contributed by atoms with van der Waals surface area (Å²) in [4.78, 5) is 34.3. The van der Waals surface area contributed by atoms with E-state index in [9.17, 15) is 0 Å². The van der Waals surface area contributed by atoms with Crippen molar-refractivity contribution in [3.63, 3.8) is 0 Å². The summed E-state index contributed by atoms with van der Waals surface area (Å²) in [5.41, 5.74) is 0. The summed E-state index contributed by atoms with van der Waals surface area (Å²) in [5.74, 6) is 0. The molecule has 7 heavy (non-hydrogen) atoms. The zero-order valence-corrected chi connectivity index (χ0v) is 8.76. The van der Waals surface area contributed by atoms with Gasteiger partial charge in [0.05, 0.1) is 0 Å². The summed E-state index contributed by atoms with van der Waals surface area (Å²) in [6, 6.07) is 0. The Morgan fingerprint density at radius 1 is 0.857 bits per heavy atom. The molecular weight excluding hydrogens is 272 g/mol. The zero-order chi connectivity index (χ0) is 4.50. The summed E-state index contributed by atoms with van der Waals surface area (Å²) >= 11 is 0. The van der Waals surface area contributed by atoms with Crippen LogP contribution >= 0.6 is 0 Å². The Kier molecular flexibility index (Phi) is 15.0. The fraction of sp³-hybridized carbons (Fsp3) is 0. The maximum atomic E-state index is 8.58. The summed E-state index contributed by atoms with van der Waals surface area (Å²) in [6.07, 6.45) is 0. The van der Waals surface area contributed by atoms with Crippen molar-refractivity contribution >= 4 is 9.05 Å². The Bertz CT molecular complexity index is 27.2. The van der Waals surface area contributed by atoms with Gasteiger partial charge in [-0.2, -0.15) is 0 Å². The topological polar surface area (TPSA) is 92.2 Å². The third-order valence-corrected chi connectivity index (χ3v) is 0. The largest absolute Gasteiger partial charge is 3.00 e. The van der Waals surface area contributed by atoms with E-state index in [1.807, 2.05) is 0 Å². The van der Waals surface area contributed by atoms with Crippen LogP contribution in [0.15, 0.2) is 0 Å². The molecule has 0 aliphatic heterocycles. The minimum Gasteiger partial charge on any atom is -0.894 e. The summed E-state index contributed by atoms with van der Waals surface area (Å²) in [5, 5.41) is 0. The molecule has 1 radical (unpaired) electrons. The van der Waals surface area contributed by atoms with Gasteiger partial charge in [0, 0.05) is 0 Å². The van der Waals surface area contributed by atoms with Crippen molar-refractivity contribution in [1.82, 2.24) is 0 Å². The molecule has 0 unspecified atom stereocenters. The van der Waals surface area contributed by atoms with Gasteiger partial charge in [0.2, 0.25) is 0 Å². The fourth-order valence-electron chi connectivity index (χ4n) is 0. The molecule has 0 spiro atoms. The van der Waals surface area contributed by atoms with Crippen molar-refractivity contribution in [2.24, 2.45) is 0 Å². The molecule has 0 saturated carbocycles. The predicted molar refractivity (Wildman–Crippen MR) is 5.75 cm³/mol. The Balaban J connectivity index is -0.0000000800. The molecule has 0 aromatic rings. The van der Waals surface area contributed by atoms with Crippen molar-refractivity contribution in [3.8, 4) is 0 Å². The average molecular weight is 272 g/mol. The second-order valence-corrected chi connectivity index (χ2v) is 1.50. The van der Waals surface area contributed by atoms with E-state index in [0.717, 1.165) is 0 Å². The van der Waals surface area contributed by atoms with Crippen LogP contribution in [-0.2, 0) is 0 Å². The van der Waals surface area contributed by atoms with Gasteiger partial charge in [-0.3, -0.25) is 0 Å². The molecule has 0 aliphatic rings. The second-order valence-electron chi connectivity index (χ2n) is 0.500. The number of hydrogen-bond donors (Lipinski definition) is 0. The SMILES string of the molecule is [Gd+3].[Na+].[O-][Si]([O-])([O-])[O-]. The van der Waals surface area contributed by atoms with Gasteiger partial charge in [0.1, 0.15) is 0 Å². The predicted octanol–water partition coefficient (Wildman–Crippen LogP) is -8.13. The molecule has 0 fully saturated rings. The first kappa shape index (κ1) is 16.2. The molecule has 7 heteroatoms. The van der Waals surface area contributed by atoms with Crippen LogP contribution < -0.4 is 48.7 Å². The molecule has 0 rings (SSSR count). The van der Waals surface area contributed by atoms with Gasteiger partial charge in [0.25, 0.3) is 0 Å². The van der Waals surface area contributed by atoms with Gasteiger partial charge < -0.3 is 28.2 Å². The van der Waals surface area contributed by atoms with Crippen molar-refractivity contribution < 1.29 is 88.7 Å². The normalized spacial score (nSPS) is 8.57. The summed E-state index contributed by atoms with van der Waals surface area (Å²) in [7, 11) is -5.61. The standard InChI is InChI=1S/Gd.Na.O4Si/c;;1-5(2,3)4/q+3;+1;-4. The Morgan fingerprint density at radius 3 is 0.857 bits per heavy atom. The van der Waals surface area contributed by atoms with E-state index >= 15 is 0 Å². The molecule has 0 bridgehead atoms. The fourth-order valence-corrected chi connectivity index (χ4v) is 0. The summed E-state index contributed by atoms with van der Waals surface area (Å²) in [6.45, 7) is 0. The minimum atomic E-state index is -5.61. The maximum absolute atomic E-state index is 8.58. The van der Waals surface area contributed by atoms with E-state index in [2.05, 4.69) is 0 Å². The van der Waals surface area contributed by atoms with Crippen LogP contribution in [0.4, 0.5) is 0 Å². The van der Waals surface area contributed by atoms with Crippen LogP contribution in [0.1, 0.15) is 0 Å². The van der Waals surface area contributed by atoms with E-state index in [0.29, 0.717) is 0 Å². The van der Waals surface area contributed by atoms with Gasteiger partial charge in [-0.05, 0) is 0 Å². The molecule has 0 atom stereocenters. The van der Waals surface area contributed by atoms with Crippen LogP contribution in [-0.4, -0.2) is 9.05 Å². The van der Waals surface area contributed by atoms with Crippen molar-refractivity contribution in [2.45, 2.75) is 0 Å². The molecule has 4 nitrogen and oxygen atoms in total. The van der Waals surface area contributed by atoms with Crippen LogP contribution in [0.25, 0.3) is 0 Å². The third kappa shape index (κ3) is 60.2. The van der Waals surface area contributed by atoms with Gasteiger partial charge >= 0.3 is 69.5 Å². The van der Waals surface area contributed by atoms with Gasteiger partial charge in [-0.1, -0.05) is 0 Å². The zero-order valence-electron chi connectivity index (χ0n) is 3.49.